The van der Waals surface area contributed by atoms with Gasteiger partial charge in [-0.25, -0.2) is 4.39 Å². The topological polar surface area (TPSA) is 72.7 Å². The number of nitrogens with one attached hydrogen (secondary N) is 1. The third-order valence-corrected chi connectivity index (χ3v) is 2.10. The molecule has 1 aromatic heterocycles. The molecule has 0 saturated heterocycles. The van der Waals surface area contributed by atoms with Crippen molar-refractivity contribution >= 4 is 5.91 Å². The van der Waals surface area contributed by atoms with Gasteiger partial charge in [0.05, 0.1) is 0 Å². The third kappa shape index (κ3) is 2.63. The highest BCUT2D eigenvalue weighted by atomic mass is 19.1. The van der Waals surface area contributed by atoms with Gasteiger partial charge in [-0.3, -0.25) is 4.79 Å². The van der Waals surface area contributed by atoms with Gasteiger partial charge >= 0.3 is 0 Å². The van der Waals surface area contributed by atoms with Crippen LogP contribution in [-0.2, 0) is 11.3 Å². The molecule has 0 atom stereocenters. The van der Waals surface area contributed by atoms with Crippen molar-refractivity contribution in [3.8, 4) is 11.4 Å². The fourth-order valence-corrected chi connectivity index (χ4v) is 1.26. The van der Waals surface area contributed by atoms with E-state index in [0.717, 1.165) is 4.80 Å². The molecular formula is C10H10FN5O. The first kappa shape index (κ1) is 11.2. The van der Waals surface area contributed by atoms with E-state index in [4.69, 9.17) is 0 Å². The van der Waals surface area contributed by atoms with Crippen LogP contribution in [0.15, 0.2) is 24.3 Å². The van der Waals surface area contributed by atoms with Gasteiger partial charge in [0.2, 0.25) is 11.7 Å². The number of rotatable bonds is 3. The Morgan fingerprint density at radius 1 is 1.53 bits per heavy atom. The quantitative estimate of drug-likeness (QED) is 0.826. The number of carbonyl (C=O) groups is 1. The summed E-state index contributed by atoms with van der Waals surface area (Å²) in [4.78, 5) is 12.2. The minimum Gasteiger partial charge on any atom is -0.358 e. The van der Waals surface area contributed by atoms with Crippen LogP contribution in [0.25, 0.3) is 11.4 Å². The van der Waals surface area contributed by atoms with E-state index in [9.17, 15) is 9.18 Å². The van der Waals surface area contributed by atoms with E-state index in [1.54, 1.807) is 12.1 Å². The van der Waals surface area contributed by atoms with Crippen LogP contribution < -0.4 is 5.32 Å². The van der Waals surface area contributed by atoms with Gasteiger partial charge in [-0.1, -0.05) is 12.1 Å². The van der Waals surface area contributed by atoms with Gasteiger partial charge in [0.1, 0.15) is 12.4 Å². The first-order valence-corrected chi connectivity index (χ1v) is 4.93. The SMILES string of the molecule is CNC(=O)Cn1nnc(-c2cccc(F)c2)n1. The number of likely N-dealkylation sites (N-methyl/N-ethyl adjacent to an activating group) is 1. The Kier molecular flexibility index (Phi) is 3.08. The van der Waals surface area contributed by atoms with Gasteiger partial charge in [-0.15, -0.1) is 10.2 Å². The van der Waals surface area contributed by atoms with Crippen LogP contribution in [0, 0.1) is 5.82 Å². The average Bonchev–Trinajstić information content (AvgIpc) is 2.77. The van der Waals surface area contributed by atoms with Crippen molar-refractivity contribution < 1.29 is 9.18 Å². The summed E-state index contributed by atoms with van der Waals surface area (Å²) < 4.78 is 13.0. The zero-order chi connectivity index (χ0) is 12.3. The van der Waals surface area contributed by atoms with Crippen LogP contribution in [0.4, 0.5) is 4.39 Å². The molecule has 7 heteroatoms. The lowest BCUT2D eigenvalue weighted by Gasteiger charge is -1.96. The van der Waals surface area contributed by atoms with Gasteiger partial charge in [0, 0.05) is 12.6 Å². The second kappa shape index (κ2) is 4.69. The lowest BCUT2D eigenvalue weighted by molar-refractivity contribution is -0.121. The summed E-state index contributed by atoms with van der Waals surface area (Å²) in [6.45, 7) is -0.0151. The van der Waals surface area contributed by atoms with Gasteiger partial charge in [0.15, 0.2) is 0 Å². The molecule has 0 aliphatic rings. The summed E-state index contributed by atoms with van der Waals surface area (Å²) in [5.74, 6) is -0.313. The fourth-order valence-electron chi connectivity index (χ4n) is 1.26. The first-order valence-electron chi connectivity index (χ1n) is 4.93. The lowest BCUT2D eigenvalue weighted by Crippen LogP contribution is -2.24. The maximum absolute atomic E-state index is 13.0. The predicted molar refractivity (Wildman–Crippen MR) is 57.3 cm³/mol. The highest BCUT2D eigenvalue weighted by Gasteiger charge is 2.08. The van der Waals surface area contributed by atoms with Crippen LogP contribution in [0.2, 0.25) is 0 Å². The molecule has 88 valence electrons. The highest BCUT2D eigenvalue weighted by molar-refractivity contribution is 5.75. The van der Waals surface area contributed by atoms with E-state index >= 15 is 0 Å². The zero-order valence-corrected chi connectivity index (χ0v) is 9.09. The van der Waals surface area contributed by atoms with Gasteiger partial charge in [-0.05, 0) is 17.3 Å². The van der Waals surface area contributed by atoms with Crippen molar-refractivity contribution in [1.82, 2.24) is 25.5 Å². The number of aromatic nitrogens is 4. The molecule has 0 fully saturated rings. The molecule has 0 aliphatic heterocycles. The van der Waals surface area contributed by atoms with Crippen LogP contribution >= 0.6 is 0 Å². The summed E-state index contributed by atoms with van der Waals surface area (Å²) >= 11 is 0. The second-order valence-corrected chi connectivity index (χ2v) is 3.33. The molecule has 0 radical (unpaired) electrons. The number of benzene rings is 1. The first-order chi connectivity index (χ1) is 8.19. The number of halogens is 1. The molecule has 0 aliphatic carbocycles. The number of tetrazole rings is 1. The van der Waals surface area contributed by atoms with Crippen molar-refractivity contribution in [3.05, 3.63) is 30.1 Å². The van der Waals surface area contributed by atoms with E-state index in [0.29, 0.717) is 5.56 Å². The second-order valence-electron chi connectivity index (χ2n) is 3.33. The normalized spacial score (nSPS) is 10.2. The molecule has 2 rings (SSSR count). The summed E-state index contributed by atoms with van der Waals surface area (Å²) in [6.07, 6.45) is 0. The maximum atomic E-state index is 13.0. The van der Waals surface area contributed by atoms with Gasteiger partial charge < -0.3 is 5.32 Å². The summed E-state index contributed by atoms with van der Waals surface area (Å²) in [5, 5.41) is 13.9. The summed E-state index contributed by atoms with van der Waals surface area (Å²) in [7, 11) is 1.52. The van der Waals surface area contributed by atoms with Crippen LogP contribution in [-0.4, -0.2) is 33.2 Å². The average molecular weight is 235 g/mol. The number of hydrogen-bond donors (Lipinski definition) is 1. The molecule has 0 bridgehead atoms. The van der Waals surface area contributed by atoms with E-state index in [-0.39, 0.29) is 24.1 Å². The van der Waals surface area contributed by atoms with E-state index in [1.807, 2.05) is 0 Å². The molecule has 1 heterocycles. The standard InChI is InChI=1S/C10H10FN5O/c1-12-9(17)6-16-14-10(13-15-16)7-3-2-4-8(11)5-7/h2-5H,6H2,1H3,(H,12,17). The molecule has 1 amide bonds. The van der Waals surface area contributed by atoms with Crippen LogP contribution in [0.1, 0.15) is 0 Å². The Balaban J connectivity index is 2.21. The molecule has 1 aromatic carbocycles. The molecule has 0 saturated carbocycles. The summed E-state index contributed by atoms with van der Waals surface area (Å²) in [6, 6.07) is 5.87. The van der Waals surface area contributed by atoms with Crippen molar-refractivity contribution in [2.45, 2.75) is 6.54 Å². The Bertz CT molecular complexity index is 539. The Labute approximate surface area is 96.4 Å². The third-order valence-electron chi connectivity index (χ3n) is 2.10. The fraction of sp³-hybridized carbons (Fsp3) is 0.200. The Morgan fingerprint density at radius 2 is 2.35 bits per heavy atom. The van der Waals surface area contributed by atoms with Crippen LogP contribution in [0.5, 0.6) is 0 Å². The minimum absolute atomic E-state index is 0.0151. The largest absolute Gasteiger partial charge is 0.358 e. The number of carbonyl (C=O) groups excluding carboxylic acids is 1. The molecule has 17 heavy (non-hydrogen) atoms. The Hall–Kier alpha value is -2.31. The molecule has 0 spiro atoms. The number of hydrogen-bond acceptors (Lipinski definition) is 4. The monoisotopic (exact) mass is 235 g/mol. The molecule has 0 unspecified atom stereocenters. The number of amides is 1. The lowest BCUT2D eigenvalue weighted by atomic mass is 10.2. The molecule has 6 nitrogen and oxygen atoms in total. The van der Waals surface area contributed by atoms with E-state index in [2.05, 4.69) is 20.7 Å². The van der Waals surface area contributed by atoms with Gasteiger partial charge in [0.25, 0.3) is 0 Å². The molecule has 2 aromatic rings. The molecule has 1 N–H and O–H groups in total. The van der Waals surface area contributed by atoms with Crippen molar-refractivity contribution in [2.75, 3.05) is 7.05 Å². The Morgan fingerprint density at radius 3 is 3.06 bits per heavy atom. The van der Waals surface area contributed by atoms with Crippen LogP contribution in [0.3, 0.4) is 0 Å². The van der Waals surface area contributed by atoms with Crippen molar-refractivity contribution in [3.63, 3.8) is 0 Å². The predicted octanol–water partition coefficient (Wildman–Crippen LogP) is 0.225. The van der Waals surface area contributed by atoms with E-state index < -0.39 is 0 Å². The zero-order valence-electron chi connectivity index (χ0n) is 9.09. The van der Waals surface area contributed by atoms with Crippen molar-refractivity contribution in [1.29, 1.82) is 0 Å². The number of nitrogens with zero attached hydrogens (tertiary/aromatic N) is 4. The van der Waals surface area contributed by atoms with E-state index in [1.165, 1.54) is 19.2 Å². The van der Waals surface area contributed by atoms with Crippen molar-refractivity contribution in [2.24, 2.45) is 0 Å². The highest BCUT2D eigenvalue weighted by Crippen LogP contribution is 2.14. The smallest absolute Gasteiger partial charge is 0.243 e. The maximum Gasteiger partial charge on any atom is 0.243 e. The molecular weight excluding hydrogens is 225 g/mol. The minimum atomic E-state index is -0.370. The van der Waals surface area contributed by atoms with Gasteiger partial charge in [-0.2, -0.15) is 4.80 Å². The summed E-state index contributed by atoms with van der Waals surface area (Å²) in [5.41, 5.74) is 0.521.